The van der Waals surface area contributed by atoms with Crippen LogP contribution < -0.4 is 5.32 Å². The Hall–Kier alpha value is -1.22. The molecule has 1 fully saturated rings. The molecule has 7 nitrogen and oxygen atoms in total. The summed E-state index contributed by atoms with van der Waals surface area (Å²) >= 11 is 0. The van der Waals surface area contributed by atoms with E-state index in [1.54, 1.807) is 19.1 Å². The number of sulfonamides is 1. The fourth-order valence-corrected chi connectivity index (χ4v) is 4.00. The van der Waals surface area contributed by atoms with Gasteiger partial charge in [0.05, 0.1) is 25.0 Å². The molecule has 8 heteroatoms. The number of aliphatic hydroxyl groups is 1. The first-order chi connectivity index (χ1) is 10.0. The molecule has 0 aliphatic carbocycles. The topological polar surface area (TPSA) is 91.8 Å². The lowest BCUT2D eigenvalue weighted by atomic mass is 10.2. The Labute approximate surface area is 125 Å². The quantitative estimate of drug-likeness (QED) is 0.811. The molecule has 2 N–H and O–H groups in total. The van der Waals surface area contributed by atoms with E-state index in [2.05, 4.69) is 10.3 Å². The fourth-order valence-electron chi connectivity index (χ4n) is 2.27. The van der Waals surface area contributed by atoms with Crippen molar-refractivity contribution in [3.05, 3.63) is 18.3 Å². The van der Waals surface area contributed by atoms with E-state index in [0.29, 0.717) is 12.2 Å². The van der Waals surface area contributed by atoms with Crippen LogP contribution in [0.25, 0.3) is 0 Å². The van der Waals surface area contributed by atoms with E-state index in [4.69, 9.17) is 4.74 Å². The lowest BCUT2D eigenvalue weighted by Gasteiger charge is -2.36. The summed E-state index contributed by atoms with van der Waals surface area (Å²) in [6, 6.07) is 3.09. The molecular weight excluding hydrogens is 294 g/mol. The number of rotatable bonds is 5. The van der Waals surface area contributed by atoms with Crippen LogP contribution in [0.1, 0.15) is 13.8 Å². The minimum atomic E-state index is -3.74. The zero-order valence-corrected chi connectivity index (χ0v) is 13.0. The Morgan fingerprint density at radius 3 is 3.00 bits per heavy atom. The number of ether oxygens (including phenoxy) is 1. The van der Waals surface area contributed by atoms with Gasteiger partial charge in [-0.2, -0.15) is 4.31 Å². The van der Waals surface area contributed by atoms with Crippen molar-refractivity contribution in [2.75, 3.05) is 31.6 Å². The first-order valence-corrected chi connectivity index (χ1v) is 8.38. The first kappa shape index (κ1) is 16.2. The van der Waals surface area contributed by atoms with E-state index in [-0.39, 0.29) is 30.8 Å². The maximum atomic E-state index is 12.8. The number of aliphatic hydroxyl groups excluding tert-OH is 1. The molecule has 2 rings (SSSR count). The average Bonchev–Trinajstić information content (AvgIpc) is 2.48. The van der Waals surface area contributed by atoms with E-state index >= 15 is 0 Å². The average molecular weight is 315 g/mol. The number of pyridine rings is 1. The maximum absolute atomic E-state index is 12.8. The van der Waals surface area contributed by atoms with Crippen molar-refractivity contribution in [1.82, 2.24) is 9.29 Å². The summed E-state index contributed by atoms with van der Waals surface area (Å²) < 4.78 is 32.4. The smallest absolute Gasteiger partial charge is 0.263 e. The van der Waals surface area contributed by atoms with Gasteiger partial charge in [0.25, 0.3) is 10.0 Å². The lowest BCUT2D eigenvalue weighted by Crippen LogP contribution is -2.52. The summed E-state index contributed by atoms with van der Waals surface area (Å²) in [6.45, 7) is 4.45. The molecule has 0 amide bonds. The minimum absolute atomic E-state index is 0.0114. The summed E-state index contributed by atoms with van der Waals surface area (Å²) in [7, 11) is -3.74. The van der Waals surface area contributed by atoms with Crippen LogP contribution in [0.4, 0.5) is 5.69 Å². The van der Waals surface area contributed by atoms with Gasteiger partial charge in [0, 0.05) is 25.3 Å². The number of morpholine rings is 1. The Balaban J connectivity index is 2.36. The first-order valence-electron chi connectivity index (χ1n) is 6.93. The molecule has 1 aromatic rings. The van der Waals surface area contributed by atoms with Gasteiger partial charge >= 0.3 is 0 Å². The minimum Gasteiger partial charge on any atom is -0.394 e. The zero-order chi connectivity index (χ0) is 15.5. The molecule has 1 aromatic heterocycles. The van der Waals surface area contributed by atoms with Crippen molar-refractivity contribution in [3.63, 3.8) is 0 Å². The maximum Gasteiger partial charge on any atom is 0.263 e. The molecule has 2 heterocycles. The summed E-state index contributed by atoms with van der Waals surface area (Å²) in [5, 5.41) is 12.2. The van der Waals surface area contributed by atoms with Crippen molar-refractivity contribution < 1.29 is 18.3 Å². The van der Waals surface area contributed by atoms with Gasteiger partial charge in [0.15, 0.2) is 5.03 Å². The zero-order valence-electron chi connectivity index (χ0n) is 12.2. The van der Waals surface area contributed by atoms with E-state index < -0.39 is 16.1 Å². The van der Waals surface area contributed by atoms with Crippen LogP contribution in [-0.4, -0.2) is 61.3 Å². The highest BCUT2D eigenvalue weighted by molar-refractivity contribution is 7.89. The Kier molecular flexibility index (Phi) is 5.15. The summed E-state index contributed by atoms with van der Waals surface area (Å²) in [4.78, 5) is 4.03. The Morgan fingerprint density at radius 1 is 1.57 bits per heavy atom. The van der Waals surface area contributed by atoms with Gasteiger partial charge in [0.2, 0.25) is 0 Å². The van der Waals surface area contributed by atoms with Crippen molar-refractivity contribution in [2.24, 2.45) is 0 Å². The molecule has 1 saturated heterocycles. The second-order valence-electron chi connectivity index (χ2n) is 4.95. The van der Waals surface area contributed by atoms with Crippen molar-refractivity contribution in [3.8, 4) is 0 Å². The number of anilines is 1. The van der Waals surface area contributed by atoms with Crippen LogP contribution in [0.2, 0.25) is 0 Å². The SMILES string of the molecule is CCNc1cccnc1S(=O)(=O)N1CC(CO)OCC1C. The monoisotopic (exact) mass is 315 g/mol. The van der Waals surface area contributed by atoms with E-state index in [0.717, 1.165) is 0 Å². The van der Waals surface area contributed by atoms with Crippen molar-refractivity contribution >= 4 is 15.7 Å². The number of hydrogen-bond acceptors (Lipinski definition) is 6. The van der Waals surface area contributed by atoms with Gasteiger partial charge in [-0.3, -0.25) is 0 Å². The van der Waals surface area contributed by atoms with Crippen LogP contribution in [0.3, 0.4) is 0 Å². The largest absolute Gasteiger partial charge is 0.394 e. The number of nitrogens with one attached hydrogen (secondary N) is 1. The molecule has 0 spiro atoms. The molecule has 21 heavy (non-hydrogen) atoms. The van der Waals surface area contributed by atoms with Gasteiger partial charge in [-0.25, -0.2) is 13.4 Å². The van der Waals surface area contributed by atoms with Crippen molar-refractivity contribution in [1.29, 1.82) is 0 Å². The highest BCUT2D eigenvalue weighted by Gasteiger charge is 2.37. The number of aromatic nitrogens is 1. The second-order valence-corrected chi connectivity index (χ2v) is 6.75. The van der Waals surface area contributed by atoms with Gasteiger partial charge in [0.1, 0.15) is 0 Å². The predicted octanol–water partition coefficient (Wildman–Crippen LogP) is 0.284. The normalized spacial score (nSPS) is 24.0. The van der Waals surface area contributed by atoms with Gasteiger partial charge < -0.3 is 15.2 Å². The molecule has 0 bridgehead atoms. The predicted molar refractivity (Wildman–Crippen MR) is 78.6 cm³/mol. The molecule has 1 aliphatic heterocycles. The Morgan fingerprint density at radius 2 is 2.33 bits per heavy atom. The van der Waals surface area contributed by atoms with Crippen LogP contribution in [0.15, 0.2) is 23.4 Å². The lowest BCUT2D eigenvalue weighted by molar-refractivity contribution is -0.0516. The van der Waals surface area contributed by atoms with Gasteiger partial charge in [-0.15, -0.1) is 0 Å². The third-order valence-corrected chi connectivity index (χ3v) is 5.28. The number of hydrogen-bond donors (Lipinski definition) is 2. The highest BCUT2D eigenvalue weighted by atomic mass is 32.2. The van der Waals surface area contributed by atoms with Crippen LogP contribution >= 0.6 is 0 Å². The molecule has 0 radical (unpaired) electrons. The second kappa shape index (κ2) is 6.69. The Bertz CT molecular complexity index is 579. The molecular formula is C13H21N3O4S. The van der Waals surface area contributed by atoms with Crippen LogP contribution in [-0.2, 0) is 14.8 Å². The van der Waals surface area contributed by atoms with Crippen LogP contribution in [0, 0.1) is 0 Å². The van der Waals surface area contributed by atoms with E-state index in [9.17, 15) is 13.5 Å². The summed E-state index contributed by atoms with van der Waals surface area (Å²) in [5.41, 5.74) is 0.485. The third-order valence-electron chi connectivity index (χ3n) is 3.34. The molecule has 0 aromatic carbocycles. The summed E-state index contributed by atoms with van der Waals surface area (Å²) in [5.74, 6) is 0. The summed E-state index contributed by atoms with van der Waals surface area (Å²) in [6.07, 6.45) is 0.963. The number of nitrogens with zero attached hydrogens (tertiary/aromatic N) is 2. The molecule has 118 valence electrons. The molecule has 1 aliphatic rings. The molecule has 2 atom stereocenters. The standard InChI is InChI=1S/C13H21N3O4S/c1-3-14-12-5-4-6-15-13(12)21(18,19)16-7-11(8-17)20-9-10(16)2/h4-6,10-11,14,17H,3,7-9H2,1-2H3. The van der Waals surface area contributed by atoms with Crippen LogP contribution in [0.5, 0.6) is 0 Å². The van der Waals surface area contributed by atoms with Gasteiger partial charge in [-0.05, 0) is 26.0 Å². The van der Waals surface area contributed by atoms with E-state index in [1.165, 1.54) is 10.5 Å². The fraction of sp³-hybridized carbons (Fsp3) is 0.615. The molecule has 0 saturated carbocycles. The van der Waals surface area contributed by atoms with Crippen molar-refractivity contribution in [2.45, 2.75) is 31.0 Å². The third kappa shape index (κ3) is 3.34. The highest BCUT2D eigenvalue weighted by Crippen LogP contribution is 2.26. The van der Waals surface area contributed by atoms with E-state index in [1.807, 2.05) is 6.92 Å². The molecule has 2 unspecified atom stereocenters. The van der Waals surface area contributed by atoms with Gasteiger partial charge in [-0.1, -0.05) is 0 Å².